The Labute approximate surface area is 165 Å². The van der Waals surface area contributed by atoms with Crippen LogP contribution in [0.25, 0.3) is 10.8 Å². The van der Waals surface area contributed by atoms with Crippen LogP contribution < -0.4 is 16.2 Å². The number of nitrogens with two attached hydrogens (primary N) is 2. The molecule has 1 aliphatic rings. The van der Waals surface area contributed by atoms with Crippen LogP contribution in [0.4, 0.5) is 0 Å². The maximum absolute atomic E-state index is 13.4. The molecule has 150 valence electrons. The lowest BCUT2D eigenvalue weighted by Gasteiger charge is -2.27. The normalized spacial score (nSPS) is 17.7. The number of likely N-dealkylation sites (tertiary alicyclic amines) is 1. The first-order valence-electron chi connectivity index (χ1n) is 9.94. The highest BCUT2D eigenvalue weighted by atomic mass is 16.5. The van der Waals surface area contributed by atoms with Crippen LogP contribution in [0.15, 0.2) is 36.4 Å². The summed E-state index contributed by atoms with van der Waals surface area (Å²) in [4.78, 5) is 27.9. The molecule has 0 radical (unpaired) electrons. The molecule has 0 aliphatic carbocycles. The fraction of sp³-hybridized carbons (Fsp3) is 0.455. The van der Waals surface area contributed by atoms with Crippen molar-refractivity contribution in [1.82, 2.24) is 4.90 Å². The van der Waals surface area contributed by atoms with Gasteiger partial charge in [-0.2, -0.15) is 0 Å². The smallest absolute Gasteiger partial charge is 0.240 e. The number of carbonyl (C=O) groups is 2. The maximum Gasteiger partial charge on any atom is 0.240 e. The number of hydrogen-bond acceptors (Lipinski definition) is 5. The van der Waals surface area contributed by atoms with Crippen molar-refractivity contribution in [3.8, 4) is 5.75 Å². The molecule has 0 bridgehead atoms. The van der Waals surface area contributed by atoms with Crippen LogP contribution in [-0.2, 0) is 4.79 Å². The fourth-order valence-electron chi connectivity index (χ4n) is 3.99. The SMILES string of the molecule is COc1ccc(C(=O)[C@@H]2CCCN2C(=O)[C@@H](N)CCCCN)c2ccccc12. The second-order valence-corrected chi connectivity index (χ2v) is 7.31. The maximum atomic E-state index is 13.4. The molecule has 0 aromatic heterocycles. The molecule has 0 saturated carbocycles. The van der Waals surface area contributed by atoms with Crippen LogP contribution in [0.3, 0.4) is 0 Å². The summed E-state index contributed by atoms with van der Waals surface area (Å²) in [5.74, 6) is 0.568. The van der Waals surface area contributed by atoms with E-state index in [1.165, 1.54) is 0 Å². The van der Waals surface area contributed by atoms with Crippen LogP contribution in [0, 0.1) is 0 Å². The Hall–Kier alpha value is -2.44. The Kier molecular flexibility index (Phi) is 6.65. The molecule has 0 spiro atoms. The van der Waals surface area contributed by atoms with Crippen molar-refractivity contribution in [3.05, 3.63) is 42.0 Å². The van der Waals surface area contributed by atoms with E-state index < -0.39 is 12.1 Å². The average molecular weight is 383 g/mol. The van der Waals surface area contributed by atoms with Gasteiger partial charge in [0.05, 0.1) is 19.2 Å². The van der Waals surface area contributed by atoms with Gasteiger partial charge in [0.25, 0.3) is 0 Å². The van der Waals surface area contributed by atoms with E-state index in [-0.39, 0.29) is 11.7 Å². The minimum absolute atomic E-state index is 0.0288. The van der Waals surface area contributed by atoms with Crippen molar-refractivity contribution in [3.63, 3.8) is 0 Å². The fourth-order valence-corrected chi connectivity index (χ4v) is 3.99. The minimum atomic E-state index is -0.576. The van der Waals surface area contributed by atoms with Crippen molar-refractivity contribution < 1.29 is 14.3 Å². The van der Waals surface area contributed by atoms with Crippen LogP contribution in [0.2, 0.25) is 0 Å². The number of benzene rings is 2. The van der Waals surface area contributed by atoms with Gasteiger partial charge in [-0.1, -0.05) is 30.7 Å². The molecule has 2 atom stereocenters. The first kappa shape index (κ1) is 20.3. The second kappa shape index (κ2) is 9.17. The monoisotopic (exact) mass is 383 g/mol. The van der Waals surface area contributed by atoms with Gasteiger partial charge in [0.2, 0.25) is 5.91 Å². The molecule has 4 N–H and O–H groups in total. The molecule has 2 aromatic rings. The van der Waals surface area contributed by atoms with Gasteiger partial charge < -0.3 is 21.1 Å². The highest BCUT2D eigenvalue weighted by molar-refractivity contribution is 6.12. The van der Waals surface area contributed by atoms with E-state index >= 15 is 0 Å². The number of nitrogens with zero attached hydrogens (tertiary/aromatic N) is 1. The molecule has 28 heavy (non-hydrogen) atoms. The second-order valence-electron chi connectivity index (χ2n) is 7.31. The third-order valence-corrected chi connectivity index (χ3v) is 5.49. The zero-order valence-corrected chi connectivity index (χ0v) is 16.4. The van der Waals surface area contributed by atoms with Crippen LogP contribution in [-0.4, -0.2) is 48.9 Å². The van der Waals surface area contributed by atoms with Gasteiger partial charge in [-0.3, -0.25) is 9.59 Å². The number of unbranched alkanes of at least 4 members (excludes halogenated alkanes) is 1. The zero-order chi connectivity index (χ0) is 20.1. The Morgan fingerprint density at radius 2 is 1.93 bits per heavy atom. The predicted octanol–water partition coefficient (Wildman–Crippen LogP) is 2.48. The van der Waals surface area contributed by atoms with E-state index in [1.54, 1.807) is 18.1 Å². The van der Waals surface area contributed by atoms with E-state index in [4.69, 9.17) is 16.2 Å². The molecule has 1 saturated heterocycles. The number of rotatable bonds is 8. The van der Waals surface area contributed by atoms with Gasteiger partial charge in [-0.25, -0.2) is 0 Å². The standard InChI is InChI=1S/C22H29N3O3/c1-28-20-12-11-17(15-7-2-3-8-16(15)20)21(26)19-10-6-14-25(19)22(27)18(24)9-4-5-13-23/h2-3,7-8,11-12,18-19H,4-6,9-10,13-14,23-24H2,1H3/t18-,19-/m0/s1. The molecule has 6 heteroatoms. The third kappa shape index (κ3) is 4.03. The Morgan fingerprint density at radius 3 is 2.64 bits per heavy atom. The van der Waals surface area contributed by atoms with Crippen molar-refractivity contribution in [1.29, 1.82) is 0 Å². The number of Topliss-reactive ketones (excluding diaryl/α,β-unsaturated/α-hetero) is 1. The third-order valence-electron chi connectivity index (χ3n) is 5.49. The molecule has 3 rings (SSSR count). The van der Waals surface area contributed by atoms with Crippen molar-refractivity contribution in [2.45, 2.75) is 44.2 Å². The predicted molar refractivity (Wildman–Crippen MR) is 110 cm³/mol. The summed E-state index contributed by atoms with van der Waals surface area (Å²) in [6.07, 6.45) is 3.74. The van der Waals surface area contributed by atoms with E-state index in [9.17, 15) is 9.59 Å². The quantitative estimate of drug-likeness (QED) is 0.539. The minimum Gasteiger partial charge on any atom is -0.496 e. The first-order valence-corrected chi connectivity index (χ1v) is 9.94. The van der Waals surface area contributed by atoms with Crippen molar-refractivity contribution in [2.75, 3.05) is 20.2 Å². The molecule has 0 unspecified atom stereocenters. The van der Waals surface area contributed by atoms with E-state index in [2.05, 4.69) is 0 Å². The Bertz CT molecular complexity index is 852. The van der Waals surface area contributed by atoms with E-state index in [1.807, 2.05) is 30.3 Å². The van der Waals surface area contributed by atoms with Crippen molar-refractivity contribution >= 4 is 22.5 Å². The molecule has 1 heterocycles. The number of fused-ring (bicyclic) bond motifs is 1. The number of carbonyl (C=O) groups excluding carboxylic acids is 2. The molecule has 1 fully saturated rings. The van der Waals surface area contributed by atoms with Gasteiger partial charge in [0, 0.05) is 17.5 Å². The number of ether oxygens (including phenoxy) is 1. The lowest BCUT2D eigenvalue weighted by Crippen LogP contribution is -2.48. The average Bonchev–Trinajstić information content (AvgIpc) is 3.21. The van der Waals surface area contributed by atoms with Gasteiger partial charge in [0.1, 0.15) is 5.75 Å². The topological polar surface area (TPSA) is 98.6 Å². The molecule has 6 nitrogen and oxygen atoms in total. The highest BCUT2D eigenvalue weighted by Gasteiger charge is 2.36. The summed E-state index contributed by atoms with van der Waals surface area (Å²) in [6, 6.07) is 10.3. The van der Waals surface area contributed by atoms with Crippen LogP contribution >= 0.6 is 0 Å². The van der Waals surface area contributed by atoms with Crippen LogP contribution in [0.1, 0.15) is 42.5 Å². The highest BCUT2D eigenvalue weighted by Crippen LogP contribution is 2.31. The van der Waals surface area contributed by atoms with E-state index in [0.717, 1.165) is 35.8 Å². The van der Waals surface area contributed by atoms with Gasteiger partial charge in [0.15, 0.2) is 5.78 Å². The van der Waals surface area contributed by atoms with Crippen molar-refractivity contribution in [2.24, 2.45) is 11.5 Å². The van der Waals surface area contributed by atoms with Crippen LogP contribution in [0.5, 0.6) is 5.75 Å². The number of amides is 1. The van der Waals surface area contributed by atoms with Gasteiger partial charge in [-0.05, 0) is 49.7 Å². The lowest BCUT2D eigenvalue weighted by atomic mass is 9.95. The summed E-state index contributed by atoms with van der Waals surface area (Å²) >= 11 is 0. The Morgan fingerprint density at radius 1 is 1.18 bits per heavy atom. The Balaban J connectivity index is 1.84. The number of methoxy groups -OCH3 is 1. The molecule has 2 aromatic carbocycles. The zero-order valence-electron chi connectivity index (χ0n) is 16.4. The molecule has 1 amide bonds. The summed E-state index contributed by atoms with van der Waals surface area (Å²) in [5.41, 5.74) is 12.2. The number of hydrogen-bond donors (Lipinski definition) is 2. The number of ketones is 1. The van der Waals surface area contributed by atoms with E-state index in [0.29, 0.717) is 31.5 Å². The summed E-state index contributed by atoms with van der Waals surface area (Å²) in [5, 5.41) is 1.74. The molecular formula is C22H29N3O3. The van der Waals surface area contributed by atoms with Gasteiger partial charge >= 0.3 is 0 Å². The van der Waals surface area contributed by atoms with Gasteiger partial charge in [-0.15, -0.1) is 0 Å². The summed E-state index contributed by atoms with van der Waals surface area (Å²) < 4.78 is 5.42. The lowest BCUT2D eigenvalue weighted by molar-refractivity contribution is -0.132. The molecule has 1 aliphatic heterocycles. The summed E-state index contributed by atoms with van der Waals surface area (Å²) in [6.45, 7) is 1.17. The first-order chi connectivity index (χ1) is 13.6. The largest absolute Gasteiger partial charge is 0.496 e. The molecular weight excluding hydrogens is 354 g/mol. The summed E-state index contributed by atoms with van der Waals surface area (Å²) in [7, 11) is 1.62.